The molecule has 0 unspecified atom stereocenters. The number of benzene rings is 1. The molecule has 3 amide bonds. The van der Waals surface area contributed by atoms with Crippen LogP contribution in [0, 0.1) is 15.4 Å². The molecule has 3 rings (SSSR count). The Morgan fingerprint density at radius 2 is 1.74 bits per heavy atom. The van der Waals surface area contributed by atoms with E-state index in [0.29, 0.717) is 0 Å². The predicted octanol–water partition coefficient (Wildman–Crippen LogP) is 2.80. The molecule has 6 heteroatoms. The van der Waals surface area contributed by atoms with Crippen LogP contribution in [0.4, 0.5) is 5.69 Å². The molecule has 2 atom stereocenters. The second kappa shape index (κ2) is 6.98. The first-order valence-electron chi connectivity index (χ1n) is 7.97. The van der Waals surface area contributed by atoms with Crippen LogP contribution in [-0.4, -0.2) is 29.2 Å². The first-order valence-corrected chi connectivity index (χ1v) is 9.05. The number of hydrogen-bond acceptors (Lipinski definition) is 3. The lowest BCUT2D eigenvalue weighted by molar-refractivity contribution is -0.140. The van der Waals surface area contributed by atoms with Crippen molar-refractivity contribution in [3.63, 3.8) is 0 Å². The maximum atomic E-state index is 12.3. The smallest absolute Gasteiger partial charge is 0.233 e. The van der Waals surface area contributed by atoms with Crippen LogP contribution >= 0.6 is 22.6 Å². The third-order valence-corrected chi connectivity index (χ3v) is 5.58. The maximum absolute atomic E-state index is 12.3. The molecule has 1 aromatic rings. The zero-order valence-electron chi connectivity index (χ0n) is 12.8. The van der Waals surface area contributed by atoms with Gasteiger partial charge in [0.2, 0.25) is 17.7 Å². The molecule has 0 radical (unpaired) electrons. The molecule has 0 spiro atoms. The van der Waals surface area contributed by atoms with Gasteiger partial charge in [-0.15, -0.1) is 0 Å². The Morgan fingerprint density at radius 3 is 2.35 bits per heavy atom. The summed E-state index contributed by atoms with van der Waals surface area (Å²) in [6, 6.07) is 7.51. The van der Waals surface area contributed by atoms with Crippen LogP contribution in [-0.2, 0) is 14.4 Å². The molecule has 1 aliphatic carbocycles. The van der Waals surface area contributed by atoms with Crippen LogP contribution in [0.3, 0.4) is 0 Å². The SMILES string of the molecule is O=C(CCN1C(=O)[C@H]2CCCC[C@@H]2C1=O)Nc1ccccc1I. The molecule has 1 aliphatic heterocycles. The van der Waals surface area contributed by atoms with E-state index in [1.54, 1.807) is 0 Å². The molecule has 1 heterocycles. The van der Waals surface area contributed by atoms with Crippen molar-refractivity contribution in [2.75, 3.05) is 11.9 Å². The summed E-state index contributed by atoms with van der Waals surface area (Å²) in [5.74, 6) is -0.628. The second-order valence-electron chi connectivity index (χ2n) is 6.10. The first kappa shape index (κ1) is 16.4. The van der Waals surface area contributed by atoms with Gasteiger partial charge < -0.3 is 5.32 Å². The van der Waals surface area contributed by atoms with Gasteiger partial charge in [0.05, 0.1) is 17.5 Å². The van der Waals surface area contributed by atoms with Gasteiger partial charge in [0.15, 0.2) is 0 Å². The molecule has 1 aromatic carbocycles. The van der Waals surface area contributed by atoms with E-state index in [-0.39, 0.29) is 42.5 Å². The van der Waals surface area contributed by atoms with E-state index < -0.39 is 0 Å². The minimum absolute atomic E-state index is 0.0817. The average molecular weight is 426 g/mol. The molecule has 2 aliphatic rings. The summed E-state index contributed by atoms with van der Waals surface area (Å²) in [5, 5.41) is 2.83. The Kier molecular flexibility index (Phi) is 4.99. The number of carbonyl (C=O) groups excluding carboxylic acids is 3. The van der Waals surface area contributed by atoms with E-state index in [9.17, 15) is 14.4 Å². The number of likely N-dealkylation sites (tertiary alicyclic amines) is 1. The number of nitrogens with zero attached hydrogens (tertiary/aromatic N) is 1. The van der Waals surface area contributed by atoms with Crippen molar-refractivity contribution in [2.45, 2.75) is 32.1 Å². The van der Waals surface area contributed by atoms with Crippen molar-refractivity contribution >= 4 is 46.0 Å². The monoisotopic (exact) mass is 426 g/mol. The second-order valence-corrected chi connectivity index (χ2v) is 7.27. The van der Waals surface area contributed by atoms with Crippen LogP contribution < -0.4 is 5.32 Å². The van der Waals surface area contributed by atoms with E-state index in [4.69, 9.17) is 0 Å². The van der Waals surface area contributed by atoms with E-state index in [1.165, 1.54) is 4.90 Å². The molecular formula is C17H19IN2O3. The third kappa shape index (κ3) is 3.41. The number of carbonyl (C=O) groups is 3. The molecule has 1 saturated heterocycles. The van der Waals surface area contributed by atoms with E-state index in [0.717, 1.165) is 34.9 Å². The van der Waals surface area contributed by atoms with Gasteiger partial charge in [0, 0.05) is 16.5 Å². The van der Waals surface area contributed by atoms with Gasteiger partial charge in [-0.1, -0.05) is 25.0 Å². The first-order chi connectivity index (χ1) is 11.1. The lowest BCUT2D eigenvalue weighted by Crippen LogP contribution is -2.34. The number of rotatable bonds is 4. The van der Waals surface area contributed by atoms with Crippen molar-refractivity contribution in [1.82, 2.24) is 4.90 Å². The Morgan fingerprint density at radius 1 is 1.13 bits per heavy atom. The fourth-order valence-electron chi connectivity index (χ4n) is 3.44. The maximum Gasteiger partial charge on any atom is 0.233 e. The molecule has 2 fully saturated rings. The van der Waals surface area contributed by atoms with Crippen LogP contribution in [0.25, 0.3) is 0 Å². The highest BCUT2D eigenvalue weighted by Crippen LogP contribution is 2.37. The zero-order valence-corrected chi connectivity index (χ0v) is 14.9. The van der Waals surface area contributed by atoms with Gasteiger partial charge in [0.1, 0.15) is 0 Å². The number of hydrogen-bond donors (Lipinski definition) is 1. The Balaban J connectivity index is 1.58. The highest BCUT2D eigenvalue weighted by molar-refractivity contribution is 14.1. The minimum atomic E-state index is -0.176. The molecule has 5 nitrogen and oxygen atoms in total. The summed E-state index contributed by atoms with van der Waals surface area (Å²) in [4.78, 5) is 38.1. The molecular weight excluding hydrogens is 407 g/mol. The number of fused-ring (bicyclic) bond motifs is 1. The lowest BCUT2D eigenvalue weighted by Gasteiger charge is -2.19. The van der Waals surface area contributed by atoms with E-state index in [1.807, 2.05) is 24.3 Å². The molecule has 122 valence electrons. The van der Waals surface area contributed by atoms with Gasteiger partial charge in [-0.3, -0.25) is 19.3 Å². The van der Waals surface area contributed by atoms with Crippen LogP contribution in [0.5, 0.6) is 0 Å². The summed E-state index contributed by atoms with van der Waals surface area (Å²) >= 11 is 2.16. The molecule has 23 heavy (non-hydrogen) atoms. The fourth-order valence-corrected chi connectivity index (χ4v) is 3.96. The summed E-state index contributed by atoms with van der Waals surface area (Å²) < 4.78 is 0.956. The number of imide groups is 1. The third-order valence-electron chi connectivity index (χ3n) is 4.64. The largest absolute Gasteiger partial charge is 0.325 e. The van der Waals surface area contributed by atoms with Gasteiger partial charge in [0.25, 0.3) is 0 Å². The molecule has 1 saturated carbocycles. The van der Waals surface area contributed by atoms with Crippen molar-refractivity contribution in [3.8, 4) is 0 Å². The number of halogens is 1. The predicted molar refractivity (Wildman–Crippen MR) is 94.6 cm³/mol. The summed E-state index contributed by atoms with van der Waals surface area (Å²) in [6.45, 7) is 0.180. The van der Waals surface area contributed by atoms with Crippen molar-refractivity contribution in [1.29, 1.82) is 0 Å². The molecule has 0 aromatic heterocycles. The summed E-state index contributed by atoms with van der Waals surface area (Å²) in [5.41, 5.74) is 0.755. The number of nitrogens with one attached hydrogen (secondary N) is 1. The van der Waals surface area contributed by atoms with Crippen molar-refractivity contribution in [3.05, 3.63) is 27.8 Å². The highest BCUT2D eigenvalue weighted by Gasteiger charge is 2.47. The number of amides is 3. The van der Waals surface area contributed by atoms with Crippen molar-refractivity contribution < 1.29 is 14.4 Å². The van der Waals surface area contributed by atoms with Crippen LogP contribution in [0.2, 0.25) is 0 Å². The Labute approximate surface area is 148 Å². The minimum Gasteiger partial charge on any atom is -0.325 e. The Bertz CT molecular complexity index is 622. The van der Waals surface area contributed by atoms with Gasteiger partial charge in [-0.25, -0.2) is 0 Å². The molecule has 0 bridgehead atoms. The zero-order chi connectivity index (χ0) is 16.4. The van der Waals surface area contributed by atoms with Crippen LogP contribution in [0.1, 0.15) is 32.1 Å². The fraction of sp³-hybridized carbons (Fsp3) is 0.471. The van der Waals surface area contributed by atoms with Crippen LogP contribution in [0.15, 0.2) is 24.3 Å². The quantitative estimate of drug-likeness (QED) is 0.595. The van der Waals surface area contributed by atoms with Gasteiger partial charge >= 0.3 is 0 Å². The van der Waals surface area contributed by atoms with Gasteiger partial charge in [-0.05, 0) is 47.6 Å². The van der Waals surface area contributed by atoms with E-state index >= 15 is 0 Å². The topological polar surface area (TPSA) is 66.5 Å². The standard InChI is InChI=1S/C17H19IN2O3/c18-13-7-3-4-8-14(13)19-15(21)9-10-20-16(22)11-5-1-2-6-12(11)17(20)23/h3-4,7-8,11-12H,1-2,5-6,9-10H2,(H,19,21)/t11-,12-/m0/s1. The number of para-hydroxylation sites is 1. The average Bonchev–Trinajstić information content (AvgIpc) is 2.80. The van der Waals surface area contributed by atoms with Gasteiger partial charge in [-0.2, -0.15) is 0 Å². The van der Waals surface area contributed by atoms with E-state index in [2.05, 4.69) is 27.9 Å². The summed E-state index contributed by atoms with van der Waals surface area (Å²) in [7, 11) is 0. The van der Waals surface area contributed by atoms with Crippen molar-refractivity contribution in [2.24, 2.45) is 11.8 Å². The Hall–Kier alpha value is -1.44. The number of anilines is 1. The highest BCUT2D eigenvalue weighted by atomic mass is 127. The lowest BCUT2D eigenvalue weighted by atomic mass is 9.81. The summed E-state index contributed by atoms with van der Waals surface area (Å²) in [6.07, 6.45) is 3.78. The normalized spacial score (nSPS) is 23.8. The molecule has 1 N–H and O–H groups in total.